The molecular weight excluding hydrogens is 275 g/mol. The van der Waals surface area contributed by atoms with Crippen LogP contribution in [0.1, 0.15) is 21.0 Å². The largest absolute Gasteiger partial charge is 0.452 e. The minimum atomic E-state index is -0.338. The average molecular weight is 286 g/mol. The minimum absolute atomic E-state index is 0.215. The lowest BCUT2D eigenvalue weighted by molar-refractivity contribution is 0.102. The van der Waals surface area contributed by atoms with E-state index in [1.54, 1.807) is 24.3 Å². The first-order valence-corrected chi connectivity index (χ1v) is 6.97. The number of benzene rings is 1. The Morgan fingerprint density at radius 1 is 1.35 bits per heavy atom. The summed E-state index contributed by atoms with van der Waals surface area (Å²) in [6.45, 7) is 1.76. The van der Waals surface area contributed by atoms with Crippen LogP contribution in [0.15, 0.2) is 46.2 Å². The second-order valence-corrected chi connectivity index (χ2v) is 5.39. The van der Waals surface area contributed by atoms with Gasteiger partial charge in [-0.2, -0.15) is 0 Å². The summed E-state index contributed by atoms with van der Waals surface area (Å²) in [5.74, 6) is -0.291. The summed E-state index contributed by atoms with van der Waals surface area (Å²) < 4.78 is 18.7. The van der Waals surface area contributed by atoms with Crippen molar-refractivity contribution in [2.45, 2.75) is 6.92 Å². The maximum atomic E-state index is 13.2. The van der Waals surface area contributed by atoms with Gasteiger partial charge in [0.25, 0.3) is 0 Å². The van der Waals surface area contributed by atoms with E-state index in [0.29, 0.717) is 16.5 Å². The number of halogens is 1. The van der Waals surface area contributed by atoms with Crippen molar-refractivity contribution in [1.29, 1.82) is 0 Å². The van der Waals surface area contributed by atoms with E-state index in [1.165, 1.54) is 24.3 Å². The summed E-state index contributed by atoms with van der Waals surface area (Å²) in [6.07, 6.45) is 3.23. The number of allylic oxidation sites excluding steroid dienone is 1. The minimum Gasteiger partial charge on any atom is -0.452 e. The van der Waals surface area contributed by atoms with Crippen LogP contribution in [-0.4, -0.2) is 5.78 Å². The highest BCUT2D eigenvalue weighted by molar-refractivity contribution is 7.10. The SMILES string of the molecule is Cc1c(C(=O)/C=C/c2cccs2)oc2ccc(F)cc12. The van der Waals surface area contributed by atoms with Gasteiger partial charge in [-0.05, 0) is 48.7 Å². The number of ketones is 1. The van der Waals surface area contributed by atoms with Gasteiger partial charge >= 0.3 is 0 Å². The Hall–Kier alpha value is -2.20. The molecule has 0 unspecified atom stereocenters. The van der Waals surface area contributed by atoms with Crippen LogP contribution in [-0.2, 0) is 0 Å². The number of carbonyl (C=O) groups is 1. The molecule has 0 bridgehead atoms. The molecule has 0 amide bonds. The van der Waals surface area contributed by atoms with Crippen molar-refractivity contribution in [3.8, 4) is 0 Å². The van der Waals surface area contributed by atoms with Crippen LogP contribution in [0.3, 0.4) is 0 Å². The third kappa shape index (κ3) is 2.30. The van der Waals surface area contributed by atoms with Gasteiger partial charge in [0.1, 0.15) is 11.4 Å². The van der Waals surface area contributed by atoms with Gasteiger partial charge in [0.2, 0.25) is 5.78 Å². The molecule has 2 nitrogen and oxygen atoms in total. The van der Waals surface area contributed by atoms with Gasteiger partial charge in [-0.15, -0.1) is 11.3 Å². The number of carbonyl (C=O) groups excluding carboxylic acids is 1. The number of thiophene rings is 1. The molecule has 0 radical (unpaired) electrons. The Morgan fingerprint density at radius 3 is 2.95 bits per heavy atom. The molecular formula is C16H11FO2S. The summed E-state index contributed by atoms with van der Waals surface area (Å²) in [5, 5.41) is 2.58. The predicted molar refractivity (Wildman–Crippen MR) is 78.6 cm³/mol. The van der Waals surface area contributed by atoms with Crippen molar-refractivity contribution >= 4 is 34.2 Å². The first-order chi connectivity index (χ1) is 9.65. The predicted octanol–water partition coefficient (Wildman–Crippen LogP) is 4.84. The molecule has 3 aromatic rings. The quantitative estimate of drug-likeness (QED) is 0.509. The lowest BCUT2D eigenvalue weighted by Crippen LogP contribution is -1.93. The molecule has 0 spiro atoms. The standard InChI is InChI=1S/C16H11FO2S/c1-10-13-9-11(17)4-7-15(13)19-16(10)14(18)6-5-12-3-2-8-20-12/h2-9H,1H3/b6-5+. The number of rotatable bonds is 3. The highest BCUT2D eigenvalue weighted by Gasteiger charge is 2.15. The fourth-order valence-electron chi connectivity index (χ4n) is 2.05. The maximum Gasteiger partial charge on any atom is 0.221 e. The molecule has 0 atom stereocenters. The average Bonchev–Trinajstić information content (AvgIpc) is 3.05. The summed E-state index contributed by atoms with van der Waals surface area (Å²) in [4.78, 5) is 13.1. The van der Waals surface area contributed by atoms with Gasteiger partial charge in [-0.3, -0.25) is 4.79 Å². The molecule has 1 aromatic carbocycles. The van der Waals surface area contributed by atoms with E-state index in [9.17, 15) is 9.18 Å². The molecule has 2 heterocycles. The van der Waals surface area contributed by atoms with Crippen LogP contribution in [0, 0.1) is 12.7 Å². The van der Waals surface area contributed by atoms with E-state index >= 15 is 0 Å². The van der Waals surface area contributed by atoms with Crippen molar-refractivity contribution < 1.29 is 13.6 Å². The molecule has 3 rings (SSSR count). The first kappa shape index (κ1) is 12.8. The summed E-state index contributed by atoms with van der Waals surface area (Å²) in [6, 6.07) is 8.09. The summed E-state index contributed by atoms with van der Waals surface area (Å²) in [7, 11) is 0. The van der Waals surface area contributed by atoms with Crippen LogP contribution in [0.4, 0.5) is 4.39 Å². The van der Waals surface area contributed by atoms with Gasteiger partial charge in [-0.1, -0.05) is 6.07 Å². The summed E-state index contributed by atoms with van der Waals surface area (Å²) >= 11 is 1.55. The Labute approximate surface area is 119 Å². The number of hydrogen-bond acceptors (Lipinski definition) is 3. The van der Waals surface area contributed by atoms with Crippen molar-refractivity contribution in [3.05, 3.63) is 63.8 Å². The van der Waals surface area contributed by atoms with E-state index in [1.807, 2.05) is 17.5 Å². The molecule has 20 heavy (non-hydrogen) atoms. The van der Waals surface area contributed by atoms with E-state index in [4.69, 9.17) is 4.42 Å². The molecule has 100 valence electrons. The van der Waals surface area contributed by atoms with Gasteiger partial charge in [0, 0.05) is 15.8 Å². The van der Waals surface area contributed by atoms with Crippen molar-refractivity contribution in [3.63, 3.8) is 0 Å². The molecule has 0 fully saturated rings. The second kappa shape index (κ2) is 5.06. The molecule has 4 heteroatoms. The highest BCUT2D eigenvalue weighted by Crippen LogP contribution is 2.26. The molecule has 0 saturated carbocycles. The maximum absolute atomic E-state index is 13.2. The van der Waals surface area contributed by atoms with Crippen LogP contribution in [0.25, 0.3) is 17.0 Å². The normalized spacial score (nSPS) is 11.5. The summed E-state index contributed by atoms with van der Waals surface area (Å²) in [5.41, 5.74) is 1.19. The van der Waals surface area contributed by atoms with E-state index in [2.05, 4.69) is 0 Å². The Bertz CT molecular complexity index is 797. The zero-order chi connectivity index (χ0) is 14.1. The fraction of sp³-hybridized carbons (Fsp3) is 0.0625. The molecule has 0 aliphatic rings. The topological polar surface area (TPSA) is 30.2 Å². The fourth-order valence-corrected chi connectivity index (χ4v) is 2.67. The van der Waals surface area contributed by atoms with E-state index in [-0.39, 0.29) is 17.4 Å². The number of furan rings is 1. The number of hydrogen-bond donors (Lipinski definition) is 0. The first-order valence-electron chi connectivity index (χ1n) is 6.10. The number of fused-ring (bicyclic) bond motifs is 1. The van der Waals surface area contributed by atoms with Gasteiger partial charge in [0.05, 0.1) is 0 Å². The van der Waals surface area contributed by atoms with E-state index in [0.717, 1.165) is 4.88 Å². The zero-order valence-corrected chi connectivity index (χ0v) is 11.5. The lowest BCUT2D eigenvalue weighted by Gasteiger charge is -1.91. The molecule has 0 aliphatic carbocycles. The van der Waals surface area contributed by atoms with Crippen molar-refractivity contribution in [1.82, 2.24) is 0 Å². The molecule has 0 aliphatic heterocycles. The van der Waals surface area contributed by atoms with Crippen molar-refractivity contribution in [2.75, 3.05) is 0 Å². The van der Waals surface area contributed by atoms with Gasteiger partial charge < -0.3 is 4.42 Å². The molecule has 0 saturated heterocycles. The molecule has 2 aromatic heterocycles. The third-order valence-corrected chi connectivity index (χ3v) is 3.90. The van der Waals surface area contributed by atoms with Crippen molar-refractivity contribution in [2.24, 2.45) is 0 Å². The molecule has 0 N–H and O–H groups in total. The number of aryl methyl sites for hydroxylation is 1. The third-order valence-electron chi connectivity index (χ3n) is 3.06. The second-order valence-electron chi connectivity index (χ2n) is 4.41. The monoisotopic (exact) mass is 286 g/mol. The van der Waals surface area contributed by atoms with E-state index < -0.39 is 0 Å². The van der Waals surface area contributed by atoms with Crippen LogP contribution >= 0.6 is 11.3 Å². The van der Waals surface area contributed by atoms with Crippen LogP contribution in [0.2, 0.25) is 0 Å². The van der Waals surface area contributed by atoms with Gasteiger partial charge in [0.15, 0.2) is 5.76 Å². The Balaban J connectivity index is 1.97. The lowest BCUT2D eigenvalue weighted by atomic mass is 10.1. The Morgan fingerprint density at radius 2 is 2.20 bits per heavy atom. The van der Waals surface area contributed by atoms with Crippen LogP contribution in [0.5, 0.6) is 0 Å². The Kier molecular flexibility index (Phi) is 3.24. The highest BCUT2D eigenvalue weighted by atomic mass is 32.1. The van der Waals surface area contributed by atoms with Crippen LogP contribution < -0.4 is 0 Å². The van der Waals surface area contributed by atoms with Gasteiger partial charge in [-0.25, -0.2) is 4.39 Å². The smallest absolute Gasteiger partial charge is 0.221 e. The zero-order valence-electron chi connectivity index (χ0n) is 10.7.